The van der Waals surface area contributed by atoms with Gasteiger partial charge in [0.1, 0.15) is 0 Å². The van der Waals surface area contributed by atoms with E-state index < -0.39 is 0 Å². The van der Waals surface area contributed by atoms with Gasteiger partial charge in [0.15, 0.2) is 5.79 Å². The highest BCUT2D eigenvalue weighted by atomic mass is 16.7. The number of piperidine rings is 1. The van der Waals surface area contributed by atoms with Gasteiger partial charge in [0, 0.05) is 25.9 Å². The number of nitrogens with zero attached hydrogens (tertiary/aromatic N) is 1. The van der Waals surface area contributed by atoms with Crippen LogP contribution in [0.2, 0.25) is 0 Å². The summed E-state index contributed by atoms with van der Waals surface area (Å²) >= 11 is 0. The maximum atomic E-state index is 6.42. The van der Waals surface area contributed by atoms with Gasteiger partial charge in [-0.25, -0.2) is 0 Å². The standard InChI is InChI=1S/C19H35NO2/c1-15-6-5-11-20(12-15)13-17-14-21-19(22-17)9-7-16(8-10-19)18(2,3)4/h15-17H,5-14H2,1-4H3. The van der Waals surface area contributed by atoms with Crippen LogP contribution in [0.25, 0.3) is 0 Å². The number of likely N-dealkylation sites (tertiary alicyclic amines) is 1. The Balaban J connectivity index is 1.48. The van der Waals surface area contributed by atoms with E-state index in [1.165, 1.54) is 38.8 Å². The Morgan fingerprint density at radius 3 is 2.50 bits per heavy atom. The molecule has 3 rings (SSSR count). The van der Waals surface area contributed by atoms with Crippen LogP contribution in [0.15, 0.2) is 0 Å². The molecule has 0 amide bonds. The summed E-state index contributed by atoms with van der Waals surface area (Å²) in [4.78, 5) is 2.59. The molecule has 0 N–H and O–H groups in total. The summed E-state index contributed by atoms with van der Waals surface area (Å²) in [5.74, 6) is 1.41. The normalized spacial score (nSPS) is 41.2. The molecule has 0 aromatic carbocycles. The smallest absolute Gasteiger partial charge is 0.168 e. The number of hydrogen-bond donors (Lipinski definition) is 0. The Morgan fingerprint density at radius 2 is 1.86 bits per heavy atom. The van der Waals surface area contributed by atoms with E-state index in [1.807, 2.05) is 0 Å². The molecule has 3 nitrogen and oxygen atoms in total. The lowest BCUT2D eigenvalue weighted by molar-refractivity contribution is -0.197. The Morgan fingerprint density at radius 1 is 1.14 bits per heavy atom. The van der Waals surface area contributed by atoms with E-state index in [-0.39, 0.29) is 11.9 Å². The zero-order valence-corrected chi connectivity index (χ0v) is 15.1. The first-order valence-corrected chi connectivity index (χ1v) is 9.40. The second kappa shape index (κ2) is 6.41. The van der Waals surface area contributed by atoms with Crippen molar-refractivity contribution in [2.45, 2.75) is 78.1 Å². The molecule has 2 atom stereocenters. The zero-order valence-electron chi connectivity index (χ0n) is 15.1. The molecule has 2 heterocycles. The van der Waals surface area contributed by atoms with Crippen molar-refractivity contribution in [3.8, 4) is 0 Å². The fourth-order valence-corrected chi connectivity index (χ4v) is 4.63. The minimum atomic E-state index is -0.242. The SMILES string of the molecule is CC1CCCN(CC2COC3(CCC(C(C)(C)C)CC3)O2)C1. The second-order valence-electron chi connectivity index (χ2n) is 9.11. The van der Waals surface area contributed by atoms with Gasteiger partial charge in [-0.3, -0.25) is 0 Å². The minimum Gasteiger partial charge on any atom is -0.347 e. The summed E-state index contributed by atoms with van der Waals surface area (Å²) in [7, 11) is 0. The predicted molar refractivity (Wildman–Crippen MR) is 89.8 cm³/mol. The number of rotatable bonds is 2. The molecule has 2 aliphatic heterocycles. The van der Waals surface area contributed by atoms with E-state index in [0.717, 1.165) is 37.8 Å². The van der Waals surface area contributed by atoms with E-state index in [9.17, 15) is 0 Å². The van der Waals surface area contributed by atoms with Gasteiger partial charge in [0.25, 0.3) is 0 Å². The van der Waals surface area contributed by atoms with Crippen molar-refractivity contribution in [2.24, 2.45) is 17.3 Å². The van der Waals surface area contributed by atoms with Crippen LogP contribution < -0.4 is 0 Å². The maximum absolute atomic E-state index is 6.42. The van der Waals surface area contributed by atoms with Gasteiger partial charge in [0.05, 0.1) is 12.7 Å². The molecular weight excluding hydrogens is 274 g/mol. The van der Waals surface area contributed by atoms with Crippen molar-refractivity contribution in [1.82, 2.24) is 4.90 Å². The quantitative estimate of drug-likeness (QED) is 0.767. The second-order valence-corrected chi connectivity index (χ2v) is 9.11. The lowest BCUT2D eigenvalue weighted by atomic mass is 9.71. The molecule has 2 saturated heterocycles. The van der Waals surface area contributed by atoms with Crippen molar-refractivity contribution >= 4 is 0 Å². The van der Waals surface area contributed by atoms with Gasteiger partial charge >= 0.3 is 0 Å². The zero-order chi connectivity index (χ0) is 15.8. The number of hydrogen-bond acceptors (Lipinski definition) is 3. The summed E-state index contributed by atoms with van der Waals surface area (Å²) in [6, 6.07) is 0. The van der Waals surface area contributed by atoms with Gasteiger partial charge in [-0.1, -0.05) is 27.7 Å². The van der Waals surface area contributed by atoms with E-state index in [1.54, 1.807) is 0 Å². The molecule has 1 aliphatic carbocycles. The lowest BCUT2D eigenvalue weighted by Crippen LogP contribution is -2.42. The summed E-state index contributed by atoms with van der Waals surface area (Å²) in [5.41, 5.74) is 0.420. The molecule has 3 heteroatoms. The van der Waals surface area contributed by atoms with Crippen LogP contribution >= 0.6 is 0 Å². The molecule has 22 heavy (non-hydrogen) atoms. The van der Waals surface area contributed by atoms with Crippen molar-refractivity contribution in [3.05, 3.63) is 0 Å². The summed E-state index contributed by atoms with van der Waals surface area (Å²) < 4.78 is 12.6. The highest BCUT2D eigenvalue weighted by molar-refractivity contribution is 4.89. The molecule has 1 spiro atoms. The average molecular weight is 309 g/mol. The van der Waals surface area contributed by atoms with Crippen molar-refractivity contribution < 1.29 is 9.47 Å². The van der Waals surface area contributed by atoms with Crippen molar-refractivity contribution in [3.63, 3.8) is 0 Å². The molecular formula is C19H35NO2. The average Bonchev–Trinajstić information content (AvgIpc) is 2.81. The monoisotopic (exact) mass is 309 g/mol. The summed E-state index contributed by atoms with van der Waals surface area (Å²) in [5, 5.41) is 0. The molecule has 3 aliphatic rings. The maximum Gasteiger partial charge on any atom is 0.168 e. The van der Waals surface area contributed by atoms with Crippen LogP contribution in [0.5, 0.6) is 0 Å². The molecule has 0 aromatic rings. The molecule has 0 bridgehead atoms. The molecule has 128 valence electrons. The van der Waals surface area contributed by atoms with Crippen molar-refractivity contribution in [2.75, 3.05) is 26.2 Å². The molecule has 0 radical (unpaired) electrons. The van der Waals surface area contributed by atoms with Gasteiger partial charge in [0.2, 0.25) is 0 Å². The first-order chi connectivity index (χ1) is 10.4. The number of ether oxygens (including phenoxy) is 2. The third-order valence-electron chi connectivity index (χ3n) is 6.09. The Kier molecular flexibility index (Phi) is 4.87. The molecule has 0 aromatic heterocycles. The van der Waals surface area contributed by atoms with E-state index >= 15 is 0 Å². The van der Waals surface area contributed by atoms with Crippen LogP contribution in [-0.4, -0.2) is 43.0 Å². The molecule has 2 unspecified atom stereocenters. The lowest BCUT2D eigenvalue weighted by Gasteiger charge is -2.41. The fraction of sp³-hybridized carbons (Fsp3) is 1.00. The van der Waals surface area contributed by atoms with Crippen LogP contribution in [0.4, 0.5) is 0 Å². The first kappa shape index (κ1) is 16.7. The van der Waals surface area contributed by atoms with Crippen LogP contribution in [-0.2, 0) is 9.47 Å². The van der Waals surface area contributed by atoms with Crippen LogP contribution in [0, 0.1) is 17.3 Å². The fourth-order valence-electron chi connectivity index (χ4n) is 4.63. The van der Waals surface area contributed by atoms with Crippen LogP contribution in [0.3, 0.4) is 0 Å². The summed E-state index contributed by atoms with van der Waals surface area (Å²) in [6.07, 6.45) is 7.68. The van der Waals surface area contributed by atoms with E-state index in [2.05, 4.69) is 32.6 Å². The Hall–Kier alpha value is -0.120. The largest absolute Gasteiger partial charge is 0.347 e. The first-order valence-electron chi connectivity index (χ1n) is 9.40. The third kappa shape index (κ3) is 3.85. The van der Waals surface area contributed by atoms with Gasteiger partial charge in [-0.15, -0.1) is 0 Å². The van der Waals surface area contributed by atoms with E-state index in [4.69, 9.17) is 9.47 Å². The predicted octanol–water partition coefficient (Wildman–Crippen LogP) is 4.07. The van der Waals surface area contributed by atoms with Gasteiger partial charge in [-0.05, 0) is 49.5 Å². The summed E-state index contributed by atoms with van der Waals surface area (Å²) in [6.45, 7) is 13.8. The third-order valence-corrected chi connectivity index (χ3v) is 6.09. The van der Waals surface area contributed by atoms with E-state index in [0.29, 0.717) is 5.41 Å². The molecule has 3 fully saturated rings. The topological polar surface area (TPSA) is 21.7 Å². The highest BCUT2D eigenvalue weighted by Crippen LogP contribution is 2.45. The minimum absolute atomic E-state index is 0.242. The van der Waals surface area contributed by atoms with Crippen LogP contribution in [0.1, 0.15) is 66.2 Å². The Bertz CT molecular complexity index is 368. The Labute approximate surface area is 136 Å². The van der Waals surface area contributed by atoms with Gasteiger partial charge < -0.3 is 14.4 Å². The highest BCUT2D eigenvalue weighted by Gasteiger charge is 2.46. The van der Waals surface area contributed by atoms with Crippen molar-refractivity contribution in [1.29, 1.82) is 0 Å². The molecule has 1 saturated carbocycles. The van der Waals surface area contributed by atoms with Gasteiger partial charge in [-0.2, -0.15) is 0 Å².